The largest absolute Gasteiger partial charge is 0.497 e. The summed E-state index contributed by atoms with van der Waals surface area (Å²) in [5.41, 5.74) is 8.16. The van der Waals surface area contributed by atoms with Gasteiger partial charge in [0.25, 0.3) is 5.95 Å². The third-order valence-corrected chi connectivity index (χ3v) is 5.46. The summed E-state index contributed by atoms with van der Waals surface area (Å²) in [6.07, 6.45) is -1.53. The first-order valence-corrected chi connectivity index (χ1v) is 11.4. The summed E-state index contributed by atoms with van der Waals surface area (Å²) >= 11 is 0. The van der Waals surface area contributed by atoms with Gasteiger partial charge in [-0.05, 0) is 41.3 Å². The van der Waals surface area contributed by atoms with Crippen molar-refractivity contribution in [2.24, 2.45) is 5.73 Å². The number of aliphatic hydroxyl groups is 1. The Hall–Kier alpha value is -5.05. The molecule has 0 saturated heterocycles. The van der Waals surface area contributed by atoms with Crippen LogP contribution in [-0.4, -0.2) is 60.0 Å². The maximum absolute atomic E-state index is 12.7. The highest BCUT2D eigenvalue weighted by molar-refractivity contribution is 5.94. The van der Waals surface area contributed by atoms with Crippen LogP contribution in [0.1, 0.15) is 34.0 Å². The molecule has 0 saturated carbocycles. The third kappa shape index (κ3) is 7.50. The topological polar surface area (TPSA) is 193 Å². The molecule has 15 heteroatoms. The van der Waals surface area contributed by atoms with Crippen LogP contribution in [0.2, 0.25) is 0 Å². The van der Waals surface area contributed by atoms with E-state index in [0.29, 0.717) is 29.1 Å². The molecule has 6 N–H and O–H groups in total. The fourth-order valence-electron chi connectivity index (χ4n) is 3.56. The number of carboxylic acid groups (broad SMARTS) is 1. The van der Waals surface area contributed by atoms with Crippen molar-refractivity contribution in [3.63, 3.8) is 0 Å². The van der Waals surface area contributed by atoms with Crippen molar-refractivity contribution >= 4 is 11.8 Å². The fourth-order valence-corrected chi connectivity index (χ4v) is 3.56. The number of aliphatic carboxylic acids is 1. The molecule has 1 atom stereocenters. The van der Waals surface area contributed by atoms with Gasteiger partial charge in [-0.15, -0.1) is 9.78 Å². The number of amidine groups is 1. The minimum atomic E-state index is -5.08. The number of hydrogen-bond acceptors (Lipinski definition) is 8. The molecule has 4 aromatic rings. The van der Waals surface area contributed by atoms with E-state index in [9.17, 15) is 23.1 Å². The van der Waals surface area contributed by atoms with E-state index in [4.69, 9.17) is 25.8 Å². The molecule has 12 nitrogen and oxygen atoms in total. The number of carbonyl (C=O) groups is 1. The molecule has 2 aromatic heterocycles. The number of aromatic nitrogens is 5. The fraction of sp³-hybridized carbons (Fsp3) is 0.200. The number of H-pyrrole nitrogens is 1. The number of aromatic amines is 1. The number of nitrogen functional groups attached to an aromatic ring is 1. The number of carboxylic acids is 1. The molecule has 0 aliphatic heterocycles. The second kappa shape index (κ2) is 12.7. The highest BCUT2D eigenvalue weighted by Crippen LogP contribution is 2.30. The summed E-state index contributed by atoms with van der Waals surface area (Å²) in [4.78, 5) is 32.6. The number of nitrogens with zero attached hydrogens (tertiary/aromatic N) is 4. The second-order valence-electron chi connectivity index (χ2n) is 8.22. The molecule has 40 heavy (non-hydrogen) atoms. The zero-order valence-corrected chi connectivity index (χ0v) is 20.9. The van der Waals surface area contributed by atoms with E-state index in [1.165, 1.54) is 12.4 Å². The molecule has 0 radical (unpaired) electrons. The van der Waals surface area contributed by atoms with Gasteiger partial charge in [-0.25, -0.2) is 19.6 Å². The summed E-state index contributed by atoms with van der Waals surface area (Å²) in [6, 6.07) is 14.4. The minimum absolute atomic E-state index is 0.00980. The molecule has 4 rings (SSSR count). The Bertz CT molecular complexity index is 1500. The molecule has 0 aliphatic rings. The van der Waals surface area contributed by atoms with Crippen molar-refractivity contribution in [3.05, 3.63) is 99.5 Å². The molecule has 0 aliphatic carbocycles. The molecule has 0 spiro atoms. The van der Waals surface area contributed by atoms with Gasteiger partial charge in [-0.1, -0.05) is 30.3 Å². The number of rotatable bonds is 8. The van der Waals surface area contributed by atoms with Crippen molar-refractivity contribution in [2.75, 3.05) is 7.11 Å². The highest BCUT2D eigenvalue weighted by Gasteiger charge is 2.38. The van der Waals surface area contributed by atoms with Gasteiger partial charge < -0.3 is 20.7 Å². The average Bonchev–Trinajstić information content (AvgIpc) is 3.32. The quantitative estimate of drug-likeness (QED) is 0.159. The number of nitrogens with one attached hydrogen (secondary N) is 2. The van der Waals surface area contributed by atoms with Crippen LogP contribution in [0.15, 0.2) is 65.7 Å². The zero-order chi connectivity index (χ0) is 29.4. The van der Waals surface area contributed by atoms with Crippen molar-refractivity contribution in [2.45, 2.75) is 25.1 Å². The number of ether oxygens (including phenoxy) is 1. The van der Waals surface area contributed by atoms with E-state index in [0.717, 1.165) is 15.8 Å². The van der Waals surface area contributed by atoms with Crippen LogP contribution in [0, 0.1) is 5.41 Å². The number of benzene rings is 2. The molecular weight excluding hydrogens is 535 g/mol. The van der Waals surface area contributed by atoms with Gasteiger partial charge >= 0.3 is 17.8 Å². The number of aliphatic hydroxyl groups excluding tert-OH is 1. The number of nitrogens with two attached hydrogens (primary N) is 1. The van der Waals surface area contributed by atoms with Gasteiger partial charge in [0.2, 0.25) is 0 Å². The lowest BCUT2D eigenvalue weighted by Gasteiger charge is -2.17. The Morgan fingerprint density at radius 1 is 1.15 bits per heavy atom. The predicted molar refractivity (Wildman–Crippen MR) is 135 cm³/mol. The third-order valence-electron chi connectivity index (χ3n) is 5.46. The first kappa shape index (κ1) is 29.5. The lowest BCUT2D eigenvalue weighted by molar-refractivity contribution is -0.192. The molecule has 2 heterocycles. The molecule has 0 bridgehead atoms. The normalized spacial score (nSPS) is 11.7. The molecule has 0 amide bonds. The second-order valence-corrected chi connectivity index (χ2v) is 8.22. The van der Waals surface area contributed by atoms with Crippen LogP contribution in [0.4, 0.5) is 13.2 Å². The Labute approximate surface area is 224 Å². The van der Waals surface area contributed by atoms with Crippen molar-refractivity contribution in [1.29, 1.82) is 5.41 Å². The van der Waals surface area contributed by atoms with Crippen LogP contribution >= 0.6 is 0 Å². The lowest BCUT2D eigenvalue weighted by Crippen LogP contribution is -2.21. The van der Waals surface area contributed by atoms with Gasteiger partial charge in [0.1, 0.15) is 17.4 Å². The van der Waals surface area contributed by atoms with Crippen LogP contribution in [-0.2, 0) is 17.8 Å². The summed E-state index contributed by atoms with van der Waals surface area (Å²) in [6.45, 7) is -0.160. The predicted octanol–water partition coefficient (Wildman–Crippen LogP) is 2.14. The Kier molecular flexibility index (Phi) is 9.34. The van der Waals surface area contributed by atoms with Gasteiger partial charge in [-0.3, -0.25) is 10.4 Å². The van der Waals surface area contributed by atoms with E-state index >= 15 is 0 Å². The zero-order valence-electron chi connectivity index (χ0n) is 20.9. The molecular formula is C25H24F3N7O5. The Balaban J connectivity index is 0.000000559. The Morgan fingerprint density at radius 3 is 2.30 bits per heavy atom. The summed E-state index contributed by atoms with van der Waals surface area (Å²) < 4.78 is 38.3. The summed E-state index contributed by atoms with van der Waals surface area (Å²) in [5.74, 6) is -1.97. The van der Waals surface area contributed by atoms with E-state index in [1.807, 2.05) is 24.3 Å². The first-order valence-electron chi connectivity index (χ1n) is 11.4. The summed E-state index contributed by atoms with van der Waals surface area (Å²) in [7, 11) is 1.55. The van der Waals surface area contributed by atoms with Crippen molar-refractivity contribution in [1.82, 2.24) is 24.7 Å². The minimum Gasteiger partial charge on any atom is -0.497 e. The van der Waals surface area contributed by atoms with Gasteiger partial charge in [0.05, 0.1) is 13.7 Å². The molecule has 2 aromatic carbocycles. The monoisotopic (exact) mass is 559 g/mol. The van der Waals surface area contributed by atoms with Crippen molar-refractivity contribution in [3.8, 4) is 11.7 Å². The summed E-state index contributed by atoms with van der Waals surface area (Å²) in [5, 5.41) is 28.9. The average molecular weight is 560 g/mol. The number of halogens is 3. The van der Waals surface area contributed by atoms with E-state index in [1.54, 1.807) is 31.4 Å². The SMILES string of the molecule is COc1cc(CO)cc(C(Cc2ccc(C(=N)N)cc2)c2nn(-c3ncccn3)c(=O)[nH]2)c1.O=C(O)C(F)(F)F. The van der Waals surface area contributed by atoms with Gasteiger partial charge in [0, 0.05) is 23.9 Å². The van der Waals surface area contributed by atoms with Gasteiger partial charge in [0.15, 0.2) is 0 Å². The number of alkyl halides is 3. The first-order chi connectivity index (χ1) is 18.9. The Morgan fingerprint density at radius 2 is 1.77 bits per heavy atom. The molecule has 0 fully saturated rings. The van der Waals surface area contributed by atoms with Crippen LogP contribution in [0.25, 0.3) is 5.95 Å². The molecule has 1 unspecified atom stereocenters. The van der Waals surface area contributed by atoms with Crippen LogP contribution in [0.3, 0.4) is 0 Å². The number of hydrogen-bond donors (Lipinski definition) is 5. The van der Waals surface area contributed by atoms with E-state index in [-0.39, 0.29) is 24.3 Å². The van der Waals surface area contributed by atoms with Crippen molar-refractivity contribution < 1.29 is 32.9 Å². The van der Waals surface area contributed by atoms with Gasteiger partial charge in [-0.2, -0.15) is 13.2 Å². The van der Waals surface area contributed by atoms with Crippen LogP contribution in [0.5, 0.6) is 5.75 Å². The standard InChI is InChI=1S/C23H23N7O3.C2HF3O2/c1-33-18-10-15(13-31)9-17(12-18)19(11-14-3-5-16(6-4-14)20(24)25)21-28-23(32)30(29-21)22-26-7-2-8-27-22;3-2(4,5)1(6)7/h2-10,12,19,31H,11,13H2,1H3,(H3,24,25)(H,28,29,32);(H,6,7). The molecule has 210 valence electrons. The van der Waals surface area contributed by atoms with Crippen LogP contribution < -0.4 is 16.2 Å². The van der Waals surface area contributed by atoms with E-state index < -0.39 is 17.8 Å². The highest BCUT2D eigenvalue weighted by atomic mass is 19.4. The number of methoxy groups -OCH3 is 1. The maximum Gasteiger partial charge on any atom is 0.490 e. The maximum atomic E-state index is 12.7. The lowest BCUT2D eigenvalue weighted by atomic mass is 9.89. The van der Waals surface area contributed by atoms with E-state index in [2.05, 4.69) is 20.1 Å². The smallest absolute Gasteiger partial charge is 0.490 e.